The Labute approximate surface area is 227 Å². The average molecular weight is 551 g/mol. The van der Waals surface area contributed by atoms with Gasteiger partial charge in [0, 0.05) is 49.0 Å². The number of sulfone groups is 1. The molecule has 0 aromatic heterocycles. The molecule has 3 aliphatic heterocycles. The van der Waals surface area contributed by atoms with Crippen LogP contribution in [0.15, 0.2) is 18.2 Å². The topological polar surface area (TPSA) is 57.7 Å². The highest BCUT2D eigenvalue weighted by molar-refractivity contribution is 7.90. The largest absolute Gasteiger partial charge is 0.336 e. The van der Waals surface area contributed by atoms with Gasteiger partial charge >= 0.3 is 0 Å². The second kappa shape index (κ2) is 10.1. The number of carbonyl (C=O) groups excluding carboxylic acids is 1. The van der Waals surface area contributed by atoms with Crippen molar-refractivity contribution in [2.75, 3.05) is 25.1 Å². The highest BCUT2D eigenvalue weighted by Gasteiger charge is 2.56. The first-order valence-electron chi connectivity index (χ1n) is 14.5. The number of likely N-dealkylation sites (tertiary alicyclic amines) is 1. The van der Waals surface area contributed by atoms with Gasteiger partial charge in [0.2, 0.25) is 5.91 Å². The van der Waals surface area contributed by atoms with Crippen molar-refractivity contribution in [1.29, 1.82) is 0 Å². The second-order valence-corrected chi connectivity index (χ2v) is 15.9. The highest BCUT2D eigenvalue weighted by Crippen LogP contribution is 2.54. The molecule has 5 rings (SSSR count). The Morgan fingerprint density at radius 1 is 1.00 bits per heavy atom. The van der Waals surface area contributed by atoms with Gasteiger partial charge in [-0.2, -0.15) is 0 Å². The molecular formula is C30H44F2N2O3S. The molecule has 1 aliphatic carbocycles. The van der Waals surface area contributed by atoms with Crippen LogP contribution >= 0.6 is 0 Å². The van der Waals surface area contributed by atoms with Crippen molar-refractivity contribution < 1.29 is 22.0 Å². The molecule has 0 spiro atoms. The first-order valence-corrected chi connectivity index (χ1v) is 16.5. The van der Waals surface area contributed by atoms with Crippen molar-refractivity contribution in [3.63, 3.8) is 0 Å². The third-order valence-corrected chi connectivity index (χ3v) is 11.2. The number of hydrogen-bond donors (Lipinski definition) is 0. The van der Waals surface area contributed by atoms with E-state index in [0.29, 0.717) is 24.6 Å². The molecule has 2 unspecified atom stereocenters. The fourth-order valence-corrected chi connectivity index (χ4v) is 9.98. The Kier molecular flexibility index (Phi) is 7.47. The fraction of sp³-hybridized carbons (Fsp3) is 0.767. The zero-order valence-corrected chi connectivity index (χ0v) is 24.2. The van der Waals surface area contributed by atoms with E-state index in [1.54, 1.807) is 0 Å². The van der Waals surface area contributed by atoms with Crippen molar-refractivity contribution in [3.8, 4) is 0 Å². The molecule has 38 heavy (non-hydrogen) atoms. The summed E-state index contributed by atoms with van der Waals surface area (Å²) in [4.78, 5) is 18.7. The van der Waals surface area contributed by atoms with Crippen LogP contribution < -0.4 is 0 Å². The molecule has 212 valence electrons. The van der Waals surface area contributed by atoms with Gasteiger partial charge in [0.15, 0.2) is 0 Å². The molecule has 1 amide bonds. The smallest absolute Gasteiger partial charge is 0.228 e. The zero-order chi connectivity index (χ0) is 27.5. The Morgan fingerprint density at radius 2 is 1.63 bits per heavy atom. The Bertz CT molecular complexity index is 1140. The molecule has 2 bridgehead atoms. The Balaban J connectivity index is 1.44. The molecule has 0 N–H and O–H groups in total. The van der Waals surface area contributed by atoms with Gasteiger partial charge in [0.25, 0.3) is 0 Å². The number of carbonyl (C=O) groups is 1. The first kappa shape index (κ1) is 28.0. The molecule has 1 aromatic carbocycles. The number of halogens is 2. The summed E-state index contributed by atoms with van der Waals surface area (Å²) < 4.78 is 54.0. The van der Waals surface area contributed by atoms with Gasteiger partial charge in [-0.15, -0.1) is 0 Å². The molecule has 1 aromatic rings. The lowest BCUT2D eigenvalue weighted by molar-refractivity contribution is -0.143. The molecule has 5 nitrogen and oxygen atoms in total. The summed E-state index contributed by atoms with van der Waals surface area (Å²) in [5, 5.41) is 0. The first-order chi connectivity index (χ1) is 17.8. The monoisotopic (exact) mass is 550 g/mol. The highest BCUT2D eigenvalue weighted by atomic mass is 32.2. The van der Waals surface area contributed by atoms with Crippen molar-refractivity contribution in [2.45, 2.75) is 102 Å². The number of amides is 1. The van der Waals surface area contributed by atoms with E-state index in [1.165, 1.54) is 24.8 Å². The minimum atomic E-state index is -3.16. The molecule has 3 heterocycles. The maximum Gasteiger partial charge on any atom is 0.228 e. The van der Waals surface area contributed by atoms with E-state index in [0.717, 1.165) is 57.4 Å². The predicted molar refractivity (Wildman–Crippen MR) is 146 cm³/mol. The van der Waals surface area contributed by atoms with Gasteiger partial charge in [0.1, 0.15) is 21.5 Å². The van der Waals surface area contributed by atoms with Crippen molar-refractivity contribution >= 4 is 15.7 Å². The van der Waals surface area contributed by atoms with Crippen LogP contribution in [0.25, 0.3) is 0 Å². The summed E-state index contributed by atoms with van der Waals surface area (Å²) in [5.74, 6) is -1.28. The molecule has 0 radical (unpaired) electrons. The number of hydrogen-bond acceptors (Lipinski definition) is 4. The summed E-state index contributed by atoms with van der Waals surface area (Å²) >= 11 is 0. The van der Waals surface area contributed by atoms with Crippen LogP contribution in [-0.4, -0.2) is 66.8 Å². The molecule has 3 saturated heterocycles. The molecule has 1 saturated carbocycles. The minimum Gasteiger partial charge on any atom is -0.336 e. The summed E-state index contributed by atoms with van der Waals surface area (Å²) in [6.45, 7) is 7.40. The minimum absolute atomic E-state index is 0.0346. The summed E-state index contributed by atoms with van der Waals surface area (Å²) in [6, 6.07) is 3.78. The number of nitrogens with zero attached hydrogens (tertiary/aromatic N) is 2. The van der Waals surface area contributed by atoms with Gasteiger partial charge in [-0.1, -0.05) is 25.3 Å². The maximum absolute atomic E-state index is 15.0. The quantitative estimate of drug-likeness (QED) is 0.483. The molecular weight excluding hydrogens is 506 g/mol. The molecule has 8 heteroatoms. The van der Waals surface area contributed by atoms with Crippen molar-refractivity contribution in [1.82, 2.24) is 9.80 Å². The van der Waals surface area contributed by atoms with Crippen molar-refractivity contribution in [2.24, 2.45) is 17.3 Å². The number of benzene rings is 1. The van der Waals surface area contributed by atoms with Crippen molar-refractivity contribution in [3.05, 3.63) is 35.4 Å². The zero-order valence-electron chi connectivity index (χ0n) is 23.4. The van der Waals surface area contributed by atoms with Crippen LogP contribution in [0.3, 0.4) is 0 Å². The summed E-state index contributed by atoms with van der Waals surface area (Å²) in [5.41, 5.74) is -0.0304. The Morgan fingerprint density at radius 3 is 2.18 bits per heavy atom. The normalized spacial score (nSPS) is 33.2. The van der Waals surface area contributed by atoms with E-state index >= 15 is 0 Å². The molecule has 4 atom stereocenters. The molecule has 4 aliphatic rings. The standard InChI is InChI=1S/C30H44F2N2O3S/c1-29(2,3)33-17-25(24-13-10-21(31)14-27(24)32)26(18-33)28(35)34-22-11-12-23(34)16-30(15-22,19-38(4,36)37)20-8-6-5-7-9-20/h10,13-14,20,22-23,25-26H,5-9,11-12,15-19H2,1-4H3/t22?,23?,25-,26+,30?/m0/s1. The summed E-state index contributed by atoms with van der Waals surface area (Å²) in [6.07, 6.45) is 10.4. The number of fused-ring (bicyclic) bond motifs is 2. The van der Waals surface area contributed by atoms with Crippen LogP contribution in [0.4, 0.5) is 8.78 Å². The van der Waals surface area contributed by atoms with Gasteiger partial charge in [0.05, 0.1) is 11.7 Å². The van der Waals surface area contributed by atoms with E-state index < -0.39 is 27.4 Å². The van der Waals surface area contributed by atoms with Crippen LogP contribution in [-0.2, 0) is 14.6 Å². The lowest BCUT2D eigenvalue weighted by Crippen LogP contribution is -2.56. The third-order valence-electron chi connectivity index (χ3n) is 10.1. The predicted octanol–water partition coefficient (Wildman–Crippen LogP) is 5.54. The second-order valence-electron chi connectivity index (χ2n) is 13.8. The van der Waals surface area contributed by atoms with E-state index in [4.69, 9.17) is 0 Å². The average Bonchev–Trinajstić information content (AvgIpc) is 3.38. The SMILES string of the molecule is CC(C)(C)N1C[C@@H](C(=O)N2C3CCC2CC(CS(C)(=O)=O)(C2CCCCC2)C3)[C@H](c2ccc(F)cc2F)C1. The lowest BCUT2D eigenvalue weighted by atomic mass is 9.63. The summed E-state index contributed by atoms with van der Waals surface area (Å²) in [7, 11) is -3.16. The van der Waals surface area contributed by atoms with Gasteiger partial charge in [-0.05, 0) is 82.3 Å². The van der Waals surface area contributed by atoms with E-state index in [2.05, 4.69) is 30.6 Å². The molecule has 4 fully saturated rings. The van der Waals surface area contributed by atoms with Crippen LogP contribution in [0.2, 0.25) is 0 Å². The number of rotatable bonds is 5. The van der Waals surface area contributed by atoms with Gasteiger partial charge in [-0.3, -0.25) is 9.69 Å². The van der Waals surface area contributed by atoms with Crippen LogP contribution in [0.5, 0.6) is 0 Å². The lowest BCUT2D eigenvalue weighted by Gasteiger charge is -2.51. The van der Waals surface area contributed by atoms with Gasteiger partial charge < -0.3 is 4.90 Å². The van der Waals surface area contributed by atoms with Crippen LogP contribution in [0.1, 0.15) is 90.0 Å². The third kappa shape index (κ3) is 5.41. The van der Waals surface area contributed by atoms with E-state index in [-0.39, 0.29) is 40.6 Å². The van der Waals surface area contributed by atoms with Gasteiger partial charge in [-0.25, -0.2) is 17.2 Å². The maximum atomic E-state index is 15.0. The van der Waals surface area contributed by atoms with E-state index in [9.17, 15) is 22.0 Å². The Hall–Kier alpha value is -1.54. The number of piperidine rings is 1. The van der Waals surface area contributed by atoms with Crippen LogP contribution in [0, 0.1) is 28.9 Å². The van der Waals surface area contributed by atoms with E-state index in [1.807, 2.05) is 0 Å². The fourth-order valence-electron chi connectivity index (χ4n) is 8.46.